The minimum Gasteiger partial charge on any atom is -0.507 e. The maximum atomic E-state index is 11.4. The summed E-state index contributed by atoms with van der Waals surface area (Å²) in [6.07, 6.45) is 0. The molecule has 0 atom stereocenters. The van der Waals surface area contributed by atoms with Gasteiger partial charge in [0.05, 0.1) is 11.5 Å². The summed E-state index contributed by atoms with van der Waals surface area (Å²) in [5, 5.41) is 9.88. The van der Waals surface area contributed by atoms with Gasteiger partial charge in [-0.3, -0.25) is 4.90 Å². The van der Waals surface area contributed by atoms with E-state index < -0.39 is 9.84 Å². The number of nitrogens with zero attached hydrogens (tertiary/aromatic N) is 1. The van der Waals surface area contributed by atoms with E-state index in [9.17, 15) is 13.5 Å². The van der Waals surface area contributed by atoms with E-state index in [1.165, 1.54) is 0 Å². The Bertz CT molecular complexity index is 740. The number of phenols is 1. The fourth-order valence-electron chi connectivity index (χ4n) is 2.67. The summed E-state index contributed by atoms with van der Waals surface area (Å²) in [7, 11) is -2.82. The fraction of sp³-hybridized carbons (Fsp3) is 0.294. The fourth-order valence-corrected chi connectivity index (χ4v) is 3.95. The van der Waals surface area contributed by atoms with Crippen molar-refractivity contribution in [2.24, 2.45) is 0 Å². The number of phenolic OH excluding ortho intramolecular Hbond substituents is 1. The van der Waals surface area contributed by atoms with Gasteiger partial charge in [0.2, 0.25) is 0 Å². The van der Waals surface area contributed by atoms with Gasteiger partial charge in [0.15, 0.2) is 9.84 Å². The van der Waals surface area contributed by atoms with Crippen molar-refractivity contribution in [3.05, 3.63) is 54.1 Å². The van der Waals surface area contributed by atoms with Crippen LogP contribution >= 0.6 is 0 Å². The van der Waals surface area contributed by atoms with Crippen LogP contribution in [0.2, 0.25) is 0 Å². The number of benzene rings is 2. The molecule has 4 nitrogen and oxygen atoms in total. The predicted molar refractivity (Wildman–Crippen MR) is 87.5 cm³/mol. The predicted octanol–water partition coefficient (Wildman–Crippen LogP) is 2.29. The molecule has 0 spiro atoms. The zero-order valence-corrected chi connectivity index (χ0v) is 13.1. The first kappa shape index (κ1) is 15.1. The number of para-hydroxylation sites is 1. The summed E-state index contributed by atoms with van der Waals surface area (Å²) >= 11 is 0. The van der Waals surface area contributed by atoms with E-state index in [0.29, 0.717) is 13.1 Å². The Morgan fingerprint density at radius 2 is 1.59 bits per heavy atom. The van der Waals surface area contributed by atoms with Crippen LogP contribution in [0.25, 0.3) is 11.1 Å². The Labute approximate surface area is 130 Å². The summed E-state index contributed by atoms with van der Waals surface area (Å²) < 4.78 is 22.9. The molecular formula is C17H19NO3S. The van der Waals surface area contributed by atoms with Gasteiger partial charge in [-0.1, -0.05) is 42.5 Å². The smallest absolute Gasteiger partial charge is 0.152 e. The highest BCUT2D eigenvalue weighted by Gasteiger charge is 2.21. The molecule has 3 rings (SSSR count). The van der Waals surface area contributed by atoms with E-state index in [-0.39, 0.29) is 17.3 Å². The van der Waals surface area contributed by atoms with Crippen molar-refractivity contribution in [2.45, 2.75) is 6.54 Å². The first-order chi connectivity index (χ1) is 10.5. The van der Waals surface area contributed by atoms with Gasteiger partial charge in [-0.15, -0.1) is 0 Å². The van der Waals surface area contributed by atoms with E-state index >= 15 is 0 Å². The van der Waals surface area contributed by atoms with Crippen molar-refractivity contribution in [2.75, 3.05) is 24.6 Å². The molecular weight excluding hydrogens is 298 g/mol. The first-order valence-corrected chi connectivity index (χ1v) is 9.16. The Kier molecular flexibility index (Phi) is 4.18. The van der Waals surface area contributed by atoms with Crippen LogP contribution in [0.1, 0.15) is 5.56 Å². The standard InChI is InChI=1S/C17H19NO3S/c19-17-4-2-1-3-16(17)15-7-5-14(6-8-15)13-18-9-11-22(20,21)12-10-18/h1-8,19H,9-13H2. The van der Waals surface area contributed by atoms with Crippen LogP contribution in [0.4, 0.5) is 0 Å². The lowest BCUT2D eigenvalue weighted by Crippen LogP contribution is -2.39. The molecule has 1 heterocycles. The van der Waals surface area contributed by atoms with Crippen molar-refractivity contribution in [1.29, 1.82) is 0 Å². The zero-order valence-electron chi connectivity index (χ0n) is 12.3. The van der Waals surface area contributed by atoms with E-state index in [2.05, 4.69) is 4.90 Å². The van der Waals surface area contributed by atoms with Gasteiger partial charge in [-0.2, -0.15) is 0 Å². The lowest BCUT2D eigenvalue weighted by Gasteiger charge is -2.26. The van der Waals surface area contributed by atoms with Crippen LogP contribution in [0.5, 0.6) is 5.75 Å². The Morgan fingerprint density at radius 3 is 2.23 bits per heavy atom. The Balaban J connectivity index is 1.69. The van der Waals surface area contributed by atoms with E-state index in [1.54, 1.807) is 12.1 Å². The SMILES string of the molecule is O=S1(=O)CCN(Cc2ccc(-c3ccccc3O)cc2)CC1. The lowest BCUT2D eigenvalue weighted by molar-refractivity contribution is 0.287. The second kappa shape index (κ2) is 6.10. The number of hydrogen-bond acceptors (Lipinski definition) is 4. The molecule has 1 aliphatic rings. The average molecular weight is 317 g/mol. The molecule has 0 bridgehead atoms. The van der Waals surface area contributed by atoms with Crippen molar-refractivity contribution in [3.63, 3.8) is 0 Å². The minimum atomic E-state index is -2.82. The summed E-state index contributed by atoms with van der Waals surface area (Å²) in [4.78, 5) is 2.16. The molecule has 0 radical (unpaired) electrons. The zero-order chi connectivity index (χ0) is 15.6. The second-order valence-corrected chi connectivity index (χ2v) is 7.95. The maximum Gasteiger partial charge on any atom is 0.152 e. The first-order valence-electron chi connectivity index (χ1n) is 7.34. The third kappa shape index (κ3) is 3.48. The normalized spacial score (nSPS) is 18.2. The second-order valence-electron chi connectivity index (χ2n) is 5.64. The summed E-state index contributed by atoms with van der Waals surface area (Å²) in [6, 6.07) is 15.3. The highest BCUT2D eigenvalue weighted by atomic mass is 32.2. The number of aromatic hydroxyl groups is 1. The molecule has 0 amide bonds. The topological polar surface area (TPSA) is 57.6 Å². The average Bonchev–Trinajstić information content (AvgIpc) is 2.51. The molecule has 0 aliphatic carbocycles. The lowest BCUT2D eigenvalue weighted by atomic mass is 10.0. The molecule has 5 heteroatoms. The quantitative estimate of drug-likeness (QED) is 0.943. The van der Waals surface area contributed by atoms with Gasteiger partial charge in [-0.05, 0) is 17.2 Å². The minimum absolute atomic E-state index is 0.253. The van der Waals surface area contributed by atoms with Crippen LogP contribution in [0, 0.1) is 0 Å². The number of rotatable bonds is 3. The summed E-state index contributed by atoms with van der Waals surface area (Å²) in [5.74, 6) is 0.780. The molecule has 0 aromatic heterocycles. The van der Waals surface area contributed by atoms with Gasteiger partial charge >= 0.3 is 0 Å². The van der Waals surface area contributed by atoms with Gasteiger partial charge in [0, 0.05) is 25.2 Å². The van der Waals surface area contributed by atoms with Gasteiger partial charge in [-0.25, -0.2) is 8.42 Å². The number of sulfone groups is 1. The van der Waals surface area contributed by atoms with Crippen molar-refractivity contribution in [3.8, 4) is 16.9 Å². The van der Waals surface area contributed by atoms with Crippen LogP contribution in [-0.2, 0) is 16.4 Å². The van der Waals surface area contributed by atoms with Crippen LogP contribution in [-0.4, -0.2) is 43.0 Å². The van der Waals surface area contributed by atoms with Crippen molar-refractivity contribution in [1.82, 2.24) is 4.90 Å². The molecule has 0 saturated carbocycles. The highest BCUT2D eigenvalue weighted by molar-refractivity contribution is 7.91. The third-order valence-electron chi connectivity index (χ3n) is 4.01. The van der Waals surface area contributed by atoms with Crippen LogP contribution in [0.3, 0.4) is 0 Å². The summed E-state index contributed by atoms with van der Waals surface area (Å²) in [6.45, 7) is 1.96. The number of hydrogen-bond donors (Lipinski definition) is 1. The molecule has 22 heavy (non-hydrogen) atoms. The van der Waals surface area contributed by atoms with Crippen molar-refractivity contribution < 1.29 is 13.5 Å². The molecule has 116 valence electrons. The van der Waals surface area contributed by atoms with Gasteiger partial charge in [0.1, 0.15) is 5.75 Å². The van der Waals surface area contributed by atoms with Gasteiger partial charge < -0.3 is 5.11 Å². The van der Waals surface area contributed by atoms with Crippen LogP contribution in [0.15, 0.2) is 48.5 Å². The van der Waals surface area contributed by atoms with E-state index in [4.69, 9.17) is 0 Å². The highest BCUT2D eigenvalue weighted by Crippen LogP contribution is 2.28. The molecule has 2 aromatic rings. The molecule has 1 aliphatic heterocycles. The Morgan fingerprint density at radius 1 is 0.955 bits per heavy atom. The molecule has 2 aromatic carbocycles. The molecule has 0 unspecified atom stereocenters. The molecule has 1 N–H and O–H groups in total. The monoisotopic (exact) mass is 317 g/mol. The van der Waals surface area contributed by atoms with Crippen LogP contribution < -0.4 is 0 Å². The third-order valence-corrected chi connectivity index (χ3v) is 5.62. The van der Waals surface area contributed by atoms with E-state index in [1.807, 2.05) is 36.4 Å². The van der Waals surface area contributed by atoms with Crippen molar-refractivity contribution >= 4 is 9.84 Å². The van der Waals surface area contributed by atoms with Gasteiger partial charge in [0.25, 0.3) is 0 Å². The maximum absolute atomic E-state index is 11.4. The Hall–Kier alpha value is -1.85. The summed E-state index contributed by atoms with van der Waals surface area (Å²) in [5.41, 5.74) is 2.94. The van der Waals surface area contributed by atoms with E-state index in [0.717, 1.165) is 23.2 Å². The largest absolute Gasteiger partial charge is 0.507 e. The molecule has 1 fully saturated rings. The molecule has 1 saturated heterocycles.